The van der Waals surface area contributed by atoms with Gasteiger partial charge in [0.1, 0.15) is 16.6 Å². The van der Waals surface area contributed by atoms with E-state index in [0.29, 0.717) is 16.0 Å². The molecular weight excluding hydrogens is 245 g/mol. The zero-order valence-electron chi connectivity index (χ0n) is 8.98. The Morgan fingerprint density at radius 1 is 1.06 bits per heavy atom. The van der Waals surface area contributed by atoms with Gasteiger partial charge in [-0.3, -0.25) is 0 Å². The largest absolute Gasteiger partial charge is 0.244 e. The normalized spacial score (nSPS) is 9.25. The number of rotatable bonds is 1. The van der Waals surface area contributed by atoms with E-state index in [4.69, 9.17) is 23.2 Å². The Morgan fingerprint density at radius 2 is 1.81 bits per heavy atom. The fourth-order valence-corrected chi connectivity index (χ4v) is 1.42. The molecular formula is C11H11Cl2N3. The van der Waals surface area contributed by atoms with Gasteiger partial charge in [0.25, 0.3) is 0 Å². The molecule has 0 atom stereocenters. The molecule has 0 radical (unpaired) electrons. The molecule has 16 heavy (non-hydrogen) atoms. The molecule has 0 aliphatic rings. The minimum atomic E-state index is 0.384. The van der Waals surface area contributed by atoms with E-state index in [1.54, 1.807) is 18.3 Å². The molecule has 0 N–H and O–H groups in total. The second kappa shape index (κ2) is 6.40. The Bertz CT molecular complexity index is 460. The summed E-state index contributed by atoms with van der Waals surface area (Å²) in [5, 5.41) is 0.789. The maximum absolute atomic E-state index is 5.90. The first-order valence-corrected chi connectivity index (χ1v) is 5.61. The van der Waals surface area contributed by atoms with Gasteiger partial charge in [0, 0.05) is 17.8 Å². The molecule has 2 rings (SSSR count). The first kappa shape index (κ1) is 12.9. The highest BCUT2D eigenvalue weighted by molar-refractivity contribution is 6.32. The first-order valence-electron chi connectivity index (χ1n) is 4.86. The third-order valence-corrected chi connectivity index (χ3v) is 2.18. The molecule has 0 unspecified atom stereocenters. The van der Waals surface area contributed by atoms with E-state index in [9.17, 15) is 0 Å². The van der Waals surface area contributed by atoms with E-state index >= 15 is 0 Å². The van der Waals surface area contributed by atoms with Gasteiger partial charge < -0.3 is 0 Å². The Balaban J connectivity index is 0.000000606. The Kier molecular flexibility index (Phi) is 5.15. The lowest BCUT2D eigenvalue weighted by Crippen LogP contribution is -1.87. The van der Waals surface area contributed by atoms with Crippen molar-refractivity contribution in [1.82, 2.24) is 15.0 Å². The lowest BCUT2D eigenvalue weighted by molar-refractivity contribution is 1.17. The molecule has 0 amide bonds. The van der Waals surface area contributed by atoms with Gasteiger partial charge in [-0.1, -0.05) is 37.0 Å². The number of hydrogen-bond acceptors (Lipinski definition) is 3. The highest BCUT2D eigenvalue weighted by Gasteiger charge is 2.05. The summed E-state index contributed by atoms with van der Waals surface area (Å²) in [7, 11) is 0. The van der Waals surface area contributed by atoms with Crippen molar-refractivity contribution >= 4 is 23.2 Å². The zero-order chi connectivity index (χ0) is 12.0. The third kappa shape index (κ3) is 3.15. The van der Waals surface area contributed by atoms with Gasteiger partial charge in [0.2, 0.25) is 0 Å². The molecule has 0 bridgehead atoms. The summed E-state index contributed by atoms with van der Waals surface area (Å²) < 4.78 is 0. The summed E-state index contributed by atoms with van der Waals surface area (Å²) in [6.07, 6.45) is 3.01. The molecule has 5 heteroatoms. The van der Waals surface area contributed by atoms with Crippen LogP contribution in [0.5, 0.6) is 0 Å². The van der Waals surface area contributed by atoms with Crippen molar-refractivity contribution in [1.29, 1.82) is 0 Å². The molecule has 2 aromatic heterocycles. The van der Waals surface area contributed by atoms with Crippen LogP contribution in [0.4, 0.5) is 0 Å². The molecule has 84 valence electrons. The average Bonchev–Trinajstić information content (AvgIpc) is 2.32. The van der Waals surface area contributed by atoms with Gasteiger partial charge >= 0.3 is 0 Å². The summed E-state index contributed by atoms with van der Waals surface area (Å²) in [5.41, 5.74) is 1.42. The Morgan fingerprint density at radius 3 is 2.44 bits per heavy atom. The smallest absolute Gasteiger partial charge is 0.138 e. The quantitative estimate of drug-likeness (QED) is 0.574. The van der Waals surface area contributed by atoms with Crippen molar-refractivity contribution in [2.75, 3.05) is 0 Å². The van der Waals surface area contributed by atoms with Crippen molar-refractivity contribution in [3.05, 3.63) is 41.0 Å². The summed E-state index contributed by atoms with van der Waals surface area (Å²) in [4.78, 5) is 11.8. The Hall–Kier alpha value is -1.19. The second-order valence-corrected chi connectivity index (χ2v) is 3.31. The van der Waals surface area contributed by atoms with Gasteiger partial charge in [0.15, 0.2) is 0 Å². The van der Waals surface area contributed by atoms with Crippen LogP contribution in [-0.4, -0.2) is 15.0 Å². The molecule has 0 saturated heterocycles. The van der Waals surface area contributed by atoms with Crippen LogP contribution in [0, 0.1) is 0 Å². The molecule has 0 aromatic carbocycles. The molecule has 2 aromatic rings. The van der Waals surface area contributed by atoms with Crippen molar-refractivity contribution < 1.29 is 0 Å². The number of hydrogen-bond donors (Lipinski definition) is 0. The van der Waals surface area contributed by atoms with Crippen LogP contribution in [0.25, 0.3) is 11.3 Å². The SMILES string of the molecule is CC.Clc1cc(-c2cccnc2Cl)ncn1. The lowest BCUT2D eigenvalue weighted by Gasteiger charge is -2.01. The summed E-state index contributed by atoms with van der Waals surface area (Å²) >= 11 is 11.6. The minimum absolute atomic E-state index is 0.384. The average molecular weight is 256 g/mol. The van der Waals surface area contributed by atoms with Crippen molar-refractivity contribution in [2.24, 2.45) is 0 Å². The van der Waals surface area contributed by atoms with Gasteiger partial charge in [-0.2, -0.15) is 0 Å². The minimum Gasteiger partial charge on any atom is -0.244 e. The molecule has 0 fully saturated rings. The topological polar surface area (TPSA) is 38.7 Å². The fraction of sp³-hybridized carbons (Fsp3) is 0.182. The molecule has 0 aliphatic heterocycles. The number of pyridine rings is 1. The van der Waals surface area contributed by atoms with Gasteiger partial charge in [-0.15, -0.1) is 0 Å². The summed E-state index contributed by atoms with van der Waals surface area (Å²) in [5.74, 6) is 0. The summed E-state index contributed by atoms with van der Waals surface area (Å²) in [6, 6.07) is 5.26. The van der Waals surface area contributed by atoms with Gasteiger partial charge in [-0.05, 0) is 12.1 Å². The maximum Gasteiger partial charge on any atom is 0.138 e. The number of aromatic nitrogens is 3. The number of nitrogens with zero attached hydrogens (tertiary/aromatic N) is 3. The van der Waals surface area contributed by atoms with E-state index in [0.717, 1.165) is 5.56 Å². The molecule has 2 heterocycles. The second-order valence-electron chi connectivity index (χ2n) is 2.57. The van der Waals surface area contributed by atoms with Crippen LogP contribution in [0.1, 0.15) is 13.8 Å². The fourth-order valence-electron chi connectivity index (χ4n) is 1.06. The predicted molar refractivity (Wildman–Crippen MR) is 66.6 cm³/mol. The van der Waals surface area contributed by atoms with Crippen LogP contribution in [-0.2, 0) is 0 Å². The van der Waals surface area contributed by atoms with Gasteiger partial charge in [0.05, 0.1) is 5.69 Å². The first-order chi connectivity index (χ1) is 7.77. The Labute approximate surface area is 104 Å². The van der Waals surface area contributed by atoms with Crippen LogP contribution < -0.4 is 0 Å². The highest BCUT2D eigenvalue weighted by atomic mass is 35.5. The predicted octanol–water partition coefficient (Wildman–Crippen LogP) is 3.87. The highest BCUT2D eigenvalue weighted by Crippen LogP contribution is 2.24. The third-order valence-electron chi connectivity index (χ3n) is 1.67. The monoisotopic (exact) mass is 255 g/mol. The van der Waals surface area contributed by atoms with E-state index in [2.05, 4.69) is 15.0 Å². The van der Waals surface area contributed by atoms with Crippen molar-refractivity contribution in [3.8, 4) is 11.3 Å². The molecule has 0 saturated carbocycles. The molecule has 3 nitrogen and oxygen atoms in total. The standard InChI is InChI=1S/C9H5Cl2N3.C2H6/c10-8-4-7(13-5-14-8)6-2-1-3-12-9(6)11;1-2/h1-5H;1-2H3. The molecule has 0 spiro atoms. The van der Waals surface area contributed by atoms with E-state index < -0.39 is 0 Å². The zero-order valence-corrected chi connectivity index (χ0v) is 10.5. The van der Waals surface area contributed by atoms with E-state index in [1.165, 1.54) is 6.33 Å². The van der Waals surface area contributed by atoms with Crippen LogP contribution >= 0.6 is 23.2 Å². The lowest BCUT2D eigenvalue weighted by atomic mass is 10.2. The molecule has 0 aliphatic carbocycles. The van der Waals surface area contributed by atoms with Crippen LogP contribution in [0.15, 0.2) is 30.7 Å². The van der Waals surface area contributed by atoms with Crippen LogP contribution in [0.3, 0.4) is 0 Å². The summed E-state index contributed by atoms with van der Waals surface area (Å²) in [6.45, 7) is 4.00. The maximum atomic E-state index is 5.90. The van der Waals surface area contributed by atoms with Crippen LogP contribution in [0.2, 0.25) is 10.3 Å². The van der Waals surface area contributed by atoms with E-state index in [-0.39, 0.29) is 0 Å². The van der Waals surface area contributed by atoms with Gasteiger partial charge in [-0.25, -0.2) is 15.0 Å². The van der Waals surface area contributed by atoms with Crippen molar-refractivity contribution in [2.45, 2.75) is 13.8 Å². The van der Waals surface area contributed by atoms with E-state index in [1.807, 2.05) is 19.9 Å². The number of halogens is 2. The van der Waals surface area contributed by atoms with Crippen molar-refractivity contribution in [3.63, 3.8) is 0 Å².